The largest absolute Gasteiger partial charge is 0.493 e. The zero-order valence-electron chi connectivity index (χ0n) is 16.6. The molecular weight excluding hydrogens is 392 g/mol. The fourth-order valence-corrected chi connectivity index (χ4v) is 2.52. The molecule has 0 heterocycles. The van der Waals surface area contributed by atoms with Crippen molar-refractivity contribution in [3.8, 4) is 11.5 Å². The first-order valence-electron chi connectivity index (χ1n) is 9.00. The van der Waals surface area contributed by atoms with Gasteiger partial charge in [-0.15, -0.1) is 0 Å². The Labute approximate surface area is 173 Å². The molecule has 0 atom stereocenters. The molecule has 158 valence electrons. The summed E-state index contributed by atoms with van der Waals surface area (Å²) in [5.41, 5.74) is 1.34. The average molecular weight is 414 g/mol. The molecule has 0 aliphatic rings. The molecule has 0 fully saturated rings. The number of amides is 1. The van der Waals surface area contributed by atoms with E-state index in [1.54, 1.807) is 26.4 Å². The van der Waals surface area contributed by atoms with Gasteiger partial charge in [-0.2, -0.15) is 0 Å². The second-order valence-electron chi connectivity index (χ2n) is 6.08. The predicted molar refractivity (Wildman–Crippen MR) is 109 cm³/mol. The van der Waals surface area contributed by atoms with Gasteiger partial charge in [-0.05, 0) is 35.8 Å². The number of esters is 1. The quantitative estimate of drug-likeness (QED) is 0.275. The number of carbonyl (C=O) groups excluding carboxylic acids is 2. The second-order valence-corrected chi connectivity index (χ2v) is 6.08. The lowest BCUT2D eigenvalue weighted by atomic mass is 10.1. The molecule has 2 aromatic rings. The van der Waals surface area contributed by atoms with Crippen LogP contribution in [0.2, 0.25) is 0 Å². The third kappa shape index (κ3) is 6.93. The lowest BCUT2D eigenvalue weighted by Crippen LogP contribution is -2.30. The van der Waals surface area contributed by atoms with Crippen molar-refractivity contribution in [2.45, 2.75) is 6.42 Å². The molecule has 30 heavy (non-hydrogen) atoms. The van der Waals surface area contributed by atoms with Crippen molar-refractivity contribution in [3.05, 3.63) is 69.8 Å². The van der Waals surface area contributed by atoms with Crippen molar-refractivity contribution in [1.29, 1.82) is 0 Å². The molecule has 0 aromatic heterocycles. The number of ether oxygens (including phenoxy) is 3. The van der Waals surface area contributed by atoms with Crippen molar-refractivity contribution in [3.63, 3.8) is 0 Å². The SMILES string of the molecule is COc1ccc(CCNC(=O)COC(=O)/C=C/c2cccc([N+](=O)[O-])c2)cc1OC. The molecule has 0 aliphatic carbocycles. The number of nitro groups is 1. The first-order valence-corrected chi connectivity index (χ1v) is 9.00. The van der Waals surface area contributed by atoms with Crippen LogP contribution >= 0.6 is 0 Å². The van der Waals surface area contributed by atoms with Gasteiger partial charge in [-0.25, -0.2) is 4.79 Å². The number of methoxy groups -OCH3 is 2. The van der Waals surface area contributed by atoms with Crippen molar-refractivity contribution >= 4 is 23.6 Å². The van der Waals surface area contributed by atoms with Gasteiger partial charge in [0.05, 0.1) is 19.1 Å². The summed E-state index contributed by atoms with van der Waals surface area (Å²) in [7, 11) is 3.10. The number of non-ortho nitro benzene ring substituents is 1. The van der Waals surface area contributed by atoms with Crippen molar-refractivity contribution in [1.82, 2.24) is 5.32 Å². The summed E-state index contributed by atoms with van der Waals surface area (Å²) < 4.78 is 15.3. The minimum Gasteiger partial charge on any atom is -0.493 e. The summed E-state index contributed by atoms with van der Waals surface area (Å²) in [4.78, 5) is 33.8. The number of carbonyl (C=O) groups is 2. The summed E-state index contributed by atoms with van der Waals surface area (Å²) in [5.74, 6) is 0.0604. The van der Waals surface area contributed by atoms with Gasteiger partial charge >= 0.3 is 5.97 Å². The van der Waals surface area contributed by atoms with Gasteiger partial charge in [0.15, 0.2) is 18.1 Å². The lowest BCUT2D eigenvalue weighted by Gasteiger charge is -2.10. The molecule has 2 rings (SSSR count). The maximum atomic E-state index is 11.8. The van der Waals surface area contributed by atoms with Crippen molar-refractivity contribution in [2.24, 2.45) is 0 Å². The summed E-state index contributed by atoms with van der Waals surface area (Å²) in [6.45, 7) is -0.0700. The van der Waals surface area contributed by atoms with E-state index in [0.717, 1.165) is 11.6 Å². The highest BCUT2D eigenvalue weighted by Gasteiger charge is 2.08. The van der Waals surface area contributed by atoms with Crippen LogP contribution in [-0.4, -0.2) is 44.2 Å². The number of nitrogens with zero attached hydrogens (tertiary/aromatic N) is 1. The highest BCUT2D eigenvalue weighted by Crippen LogP contribution is 2.27. The molecule has 0 aliphatic heterocycles. The normalized spacial score (nSPS) is 10.5. The molecule has 2 aromatic carbocycles. The van der Waals surface area contributed by atoms with Crippen LogP contribution in [0, 0.1) is 10.1 Å². The van der Waals surface area contributed by atoms with Gasteiger partial charge in [-0.1, -0.05) is 18.2 Å². The highest BCUT2D eigenvalue weighted by atomic mass is 16.6. The highest BCUT2D eigenvalue weighted by molar-refractivity contribution is 5.89. The first kappa shape index (κ1) is 22.4. The molecule has 1 amide bonds. The Morgan fingerprint density at radius 1 is 1.10 bits per heavy atom. The number of rotatable bonds is 10. The Balaban J connectivity index is 1.74. The number of hydrogen-bond donors (Lipinski definition) is 1. The van der Waals surface area contributed by atoms with E-state index in [4.69, 9.17) is 14.2 Å². The number of nitro benzene ring substituents is 1. The Hall–Kier alpha value is -3.88. The molecule has 0 unspecified atom stereocenters. The maximum Gasteiger partial charge on any atom is 0.331 e. The molecule has 0 spiro atoms. The molecule has 0 bridgehead atoms. The monoisotopic (exact) mass is 414 g/mol. The van der Waals surface area contributed by atoms with Crippen LogP contribution in [0.3, 0.4) is 0 Å². The Morgan fingerprint density at radius 3 is 2.57 bits per heavy atom. The molecule has 0 radical (unpaired) electrons. The van der Waals surface area contributed by atoms with Gasteiger partial charge in [0.25, 0.3) is 11.6 Å². The van der Waals surface area contributed by atoms with Gasteiger partial charge in [-0.3, -0.25) is 14.9 Å². The van der Waals surface area contributed by atoms with E-state index in [1.807, 2.05) is 12.1 Å². The summed E-state index contributed by atoms with van der Waals surface area (Å²) in [6.07, 6.45) is 3.05. The summed E-state index contributed by atoms with van der Waals surface area (Å²) >= 11 is 0. The van der Waals surface area contributed by atoms with E-state index in [-0.39, 0.29) is 5.69 Å². The van der Waals surface area contributed by atoms with E-state index in [1.165, 1.54) is 24.3 Å². The predicted octanol–water partition coefficient (Wildman–Crippen LogP) is 2.53. The van der Waals surface area contributed by atoms with Crippen molar-refractivity contribution in [2.75, 3.05) is 27.4 Å². The van der Waals surface area contributed by atoms with Crippen molar-refractivity contribution < 1.29 is 28.7 Å². The van der Waals surface area contributed by atoms with E-state index in [9.17, 15) is 19.7 Å². The summed E-state index contributed by atoms with van der Waals surface area (Å²) in [6, 6.07) is 11.3. The Bertz CT molecular complexity index is 941. The fraction of sp³-hybridized carbons (Fsp3) is 0.238. The maximum absolute atomic E-state index is 11.8. The number of hydrogen-bond acceptors (Lipinski definition) is 7. The van der Waals surface area contributed by atoms with Crippen LogP contribution in [0.25, 0.3) is 6.08 Å². The lowest BCUT2D eigenvalue weighted by molar-refractivity contribution is -0.384. The van der Waals surface area contributed by atoms with Gasteiger partial charge in [0.2, 0.25) is 0 Å². The zero-order valence-corrected chi connectivity index (χ0v) is 16.6. The summed E-state index contributed by atoms with van der Waals surface area (Å²) in [5, 5.41) is 13.4. The average Bonchev–Trinajstić information content (AvgIpc) is 2.76. The van der Waals surface area contributed by atoms with Crippen LogP contribution in [0.5, 0.6) is 11.5 Å². The van der Waals surface area contributed by atoms with Crippen LogP contribution < -0.4 is 14.8 Å². The van der Waals surface area contributed by atoms with Crippen LogP contribution in [0.1, 0.15) is 11.1 Å². The fourth-order valence-electron chi connectivity index (χ4n) is 2.52. The van der Waals surface area contributed by atoms with Gasteiger partial charge < -0.3 is 19.5 Å². The van der Waals surface area contributed by atoms with Crippen LogP contribution in [0.4, 0.5) is 5.69 Å². The Morgan fingerprint density at radius 2 is 1.87 bits per heavy atom. The second kappa shape index (κ2) is 11.2. The minimum absolute atomic E-state index is 0.0839. The number of benzene rings is 2. The molecule has 0 saturated carbocycles. The third-order valence-corrected chi connectivity index (χ3v) is 4.02. The third-order valence-electron chi connectivity index (χ3n) is 4.02. The molecule has 1 N–H and O–H groups in total. The minimum atomic E-state index is -0.725. The smallest absolute Gasteiger partial charge is 0.331 e. The topological polar surface area (TPSA) is 117 Å². The van der Waals surface area contributed by atoms with Gasteiger partial charge in [0.1, 0.15) is 0 Å². The number of nitrogens with one attached hydrogen (secondary N) is 1. The van der Waals surface area contributed by atoms with Crippen LogP contribution in [0.15, 0.2) is 48.5 Å². The van der Waals surface area contributed by atoms with E-state index in [2.05, 4.69) is 5.32 Å². The van der Waals surface area contributed by atoms with Crippen LogP contribution in [-0.2, 0) is 20.7 Å². The van der Waals surface area contributed by atoms with Gasteiger partial charge in [0, 0.05) is 24.8 Å². The zero-order chi connectivity index (χ0) is 21.9. The standard InChI is InChI=1S/C21H22N2O7/c1-28-18-8-6-16(13-19(18)29-2)10-11-22-20(24)14-30-21(25)9-7-15-4-3-5-17(12-15)23(26)27/h3-9,12-13H,10-11,14H2,1-2H3,(H,22,24)/b9-7+. The molecule has 9 heteroatoms. The Kier molecular flexibility index (Phi) is 8.37. The van der Waals surface area contributed by atoms with E-state index >= 15 is 0 Å². The van der Waals surface area contributed by atoms with E-state index < -0.39 is 23.4 Å². The first-order chi connectivity index (χ1) is 14.4. The molecular formula is C21H22N2O7. The van der Waals surface area contributed by atoms with E-state index in [0.29, 0.717) is 30.0 Å². The molecule has 9 nitrogen and oxygen atoms in total. The molecule has 0 saturated heterocycles.